The Morgan fingerprint density at radius 2 is 1.93 bits per heavy atom. The second-order valence-electron chi connectivity index (χ2n) is 3.65. The van der Waals surface area contributed by atoms with Gasteiger partial charge in [-0.1, -0.05) is 12.1 Å². The van der Waals surface area contributed by atoms with E-state index in [9.17, 15) is 0 Å². The summed E-state index contributed by atoms with van der Waals surface area (Å²) >= 11 is 0. The Morgan fingerprint density at radius 1 is 1.33 bits per heavy atom. The molecule has 0 amide bonds. The predicted molar refractivity (Wildman–Crippen MR) is 59.6 cm³/mol. The van der Waals surface area contributed by atoms with E-state index in [1.165, 1.54) is 0 Å². The lowest BCUT2D eigenvalue weighted by atomic mass is 10.0. The standard InChI is InChI=1S/C12H16N2O/c1-9(2)15-12-5-3-10(4-6-12)11(7-13)8-14/h3-6,9,11H,7,13H2,1-2H3. The molecule has 3 nitrogen and oxygen atoms in total. The number of hydrogen-bond acceptors (Lipinski definition) is 3. The van der Waals surface area contributed by atoms with Crippen molar-refractivity contribution in [3.63, 3.8) is 0 Å². The summed E-state index contributed by atoms with van der Waals surface area (Å²) in [6.07, 6.45) is 0.164. The maximum atomic E-state index is 8.83. The first kappa shape index (κ1) is 11.5. The van der Waals surface area contributed by atoms with Gasteiger partial charge in [0, 0.05) is 6.54 Å². The molecular formula is C12H16N2O. The first-order chi connectivity index (χ1) is 7.17. The van der Waals surface area contributed by atoms with Crippen molar-refractivity contribution in [3.8, 4) is 11.8 Å². The lowest BCUT2D eigenvalue weighted by Gasteiger charge is -2.11. The fraction of sp³-hybridized carbons (Fsp3) is 0.417. The van der Waals surface area contributed by atoms with Crippen LogP contribution in [0.25, 0.3) is 0 Å². The molecule has 2 N–H and O–H groups in total. The summed E-state index contributed by atoms with van der Waals surface area (Å²) in [7, 11) is 0. The third kappa shape index (κ3) is 3.26. The number of benzene rings is 1. The van der Waals surface area contributed by atoms with Crippen molar-refractivity contribution in [2.24, 2.45) is 5.73 Å². The fourth-order valence-corrected chi connectivity index (χ4v) is 1.31. The van der Waals surface area contributed by atoms with Gasteiger partial charge in [0.2, 0.25) is 0 Å². The van der Waals surface area contributed by atoms with Gasteiger partial charge in [0.1, 0.15) is 5.75 Å². The fourth-order valence-electron chi connectivity index (χ4n) is 1.31. The zero-order chi connectivity index (χ0) is 11.3. The van der Waals surface area contributed by atoms with E-state index < -0.39 is 0 Å². The average molecular weight is 204 g/mol. The van der Waals surface area contributed by atoms with Gasteiger partial charge in [0.25, 0.3) is 0 Å². The van der Waals surface area contributed by atoms with Gasteiger partial charge in [-0.05, 0) is 31.5 Å². The smallest absolute Gasteiger partial charge is 0.119 e. The summed E-state index contributed by atoms with van der Waals surface area (Å²) in [5.74, 6) is 0.598. The number of nitriles is 1. The van der Waals surface area contributed by atoms with Crippen molar-refractivity contribution in [1.29, 1.82) is 5.26 Å². The van der Waals surface area contributed by atoms with E-state index >= 15 is 0 Å². The summed E-state index contributed by atoms with van der Waals surface area (Å²) < 4.78 is 5.50. The van der Waals surface area contributed by atoms with E-state index in [-0.39, 0.29) is 12.0 Å². The molecule has 1 unspecified atom stereocenters. The van der Waals surface area contributed by atoms with Crippen LogP contribution in [0.3, 0.4) is 0 Å². The Bertz CT molecular complexity index is 338. The first-order valence-electron chi connectivity index (χ1n) is 5.03. The summed E-state index contributed by atoms with van der Waals surface area (Å²) in [6, 6.07) is 9.68. The van der Waals surface area contributed by atoms with Gasteiger partial charge in [-0.2, -0.15) is 5.26 Å². The molecule has 0 heterocycles. The molecule has 0 fully saturated rings. The summed E-state index contributed by atoms with van der Waals surface area (Å²) in [5, 5.41) is 8.83. The van der Waals surface area contributed by atoms with Crippen LogP contribution in [0, 0.1) is 11.3 Å². The topological polar surface area (TPSA) is 59.0 Å². The van der Waals surface area contributed by atoms with Crippen LogP contribution in [0.2, 0.25) is 0 Å². The van der Waals surface area contributed by atoms with Crippen LogP contribution in [0.5, 0.6) is 5.75 Å². The van der Waals surface area contributed by atoms with Crippen molar-refractivity contribution in [2.75, 3.05) is 6.54 Å². The molecule has 0 aliphatic heterocycles. The lowest BCUT2D eigenvalue weighted by Crippen LogP contribution is -2.10. The molecule has 0 saturated carbocycles. The number of ether oxygens (including phenoxy) is 1. The van der Waals surface area contributed by atoms with Crippen molar-refractivity contribution in [2.45, 2.75) is 25.9 Å². The number of hydrogen-bond donors (Lipinski definition) is 1. The quantitative estimate of drug-likeness (QED) is 0.816. The van der Waals surface area contributed by atoms with Crippen LogP contribution in [0.1, 0.15) is 25.3 Å². The van der Waals surface area contributed by atoms with Crippen LogP contribution < -0.4 is 10.5 Å². The third-order valence-electron chi connectivity index (χ3n) is 2.05. The number of nitrogens with two attached hydrogens (primary N) is 1. The van der Waals surface area contributed by atoms with Gasteiger partial charge < -0.3 is 10.5 Å². The average Bonchev–Trinajstić information content (AvgIpc) is 2.21. The van der Waals surface area contributed by atoms with E-state index in [1.807, 2.05) is 38.1 Å². The molecule has 1 aromatic carbocycles. The van der Waals surface area contributed by atoms with Gasteiger partial charge in [-0.15, -0.1) is 0 Å². The molecule has 0 aromatic heterocycles. The molecule has 0 aliphatic rings. The van der Waals surface area contributed by atoms with Gasteiger partial charge in [0.15, 0.2) is 0 Å². The lowest BCUT2D eigenvalue weighted by molar-refractivity contribution is 0.242. The van der Waals surface area contributed by atoms with E-state index in [2.05, 4.69) is 6.07 Å². The largest absolute Gasteiger partial charge is 0.491 e. The molecule has 80 valence electrons. The summed E-state index contributed by atoms with van der Waals surface area (Å²) in [5.41, 5.74) is 6.42. The molecule has 3 heteroatoms. The Morgan fingerprint density at radius 3 is 2.33 bits per heavy atom. The van der Waals surface area contributed by atoms with Crippen molar-refractivity contribution >= 4 is 0 Å². The van der Waals surface area contributed by atoms with Gasteiger partial charge >= 0.3 is 0 Å². The maximum Gasteiger partial charge on any atom is 0.119 e. The molecule has 0 radical (unpaired) electrons. The van der Waals surface area contributed by atoms with Crippen molar-refractivity contribution in [1.82, 2.24) is 0 Å². The van der Waals surface area contributed by atoms with E-state index in [4.69, 9.17) is 15.7 Å². The highest BCUT2D eigenvalue weighted by Crippen LogP contribution is 2.19. The Labute approximate surface area is 90.5 Å². The monoisotopic (exact) mass is 204 g/mol. The van der Waals surface area contributed by atoms with Gasteiger partial charge in [-0.25, -0.2) is 0 Å². The Hall–Kier alpha value is -1.53. The molecule has 0 bridgehead atoms. The maximum absolute atomic E-state index is 8.83. The molecular weight excluding hydrogens is 188 g/mol. The summed E-state index contributed by atoms with van der Waals surface area (Å²) in [6.45, 7) is 4.30. The minimum Gasteiger partial charge on any atom is -0.491 e. The second kappa shape index (κ2) is 5.38. The highest BCUT2D eigenvalue weighted by Gasteiger charge is 2.07. The molecule has 0 saturated heterocycles. The van der Waals surface area contributed by atoms with Crippen LogP contribution in [-0.4, -0.2) is 12.6 Å². The molecule has 0 aliphatic carbocycles. The number of rotatable bonds is 4. The Kier molecular flexibility index (Phi) is 4.14. The van der Waals surface area contributed by atoms with E-state index in [0.717, 1.165) is 11.3 Å². The van der Waals surface area contributed by atoms with E-state index in [0.29, 0.717) is 6.54 Å². The number of nitrogens with zero attached hydrogens (tertiary/aromatic N) is 1. The Balaban J connectivity index is 2.76. The van der Waals surface area contributed by atoms with Crippen LogP contribution in [0.4, 0.5) is 0 Å². The minimum absolute atomic E-state index is 0.164. The zero-order valence-electron chi connectivity index (χ0n) is 9.10. The third-order valence-corrected chi connectivity index (χ3v) is 2.05. The van der Waals surface area contributed by atoms with Crippen molar-refractivity contribution < 1.29 is 4.74 Å². The first-order valence-corrected chi connectivity index (χ1v) is 5.03. The predicted octanol–water partition coefficient (Wildman–Crippen LogP) is 2.04. The van der Waals surface area contributed by atoms with E-state index in [1.54, 1.807) is 0 Å². The van der Waals surface area contributed by atoms with Crippen LogP contribution in [-0.2, 0) is 0 Å². The van der Waals surface area contributed by atoms with Crippen molar-refractivity contribution in [3.05, 3.63) is 29.8 Å². The molecule has 0 spiro atoms. The molecule has 1 rings (SSSR count). The second-order valence-corrected chi connectivity index (χ2v) is 3.65. The van der Waals surface area contributed by atoms with Gasteiger partial charge in [0.05, 0.1) is 18.1 Å². The highest BCUT2D eigenvalue weighted by atomic mass is 16.5. The normalized spacial score (nSPS) is 12.2. The molecule has 1 atom stereocenters. The zero-order valence-corrected chi connectivity index (χ0v) is 9.10. The minimum atomic E-state index is -0.224. The van der Waals surface area contributed by atoms with Gasteiger partial charge in [-0.3, -0.25) is 0 Å². The van der Waals surface area contributed by atoms with Crippen LogP contribution >= 0.6 is 0 Å². The molecule has 1 aromatic rings. The SMILES string of the molecule is CC(C)Oc1ccc(C(C#N)CN)cc1. The summed E-state index contributed by atoms with van der Waals surface area (Å²) in [4.78, 5) is 0. The molecule has 15 heavy (non-hydrogen) atoms. The highest BCUT2D eigenvalue weighted by molar-refractivity contribution is 5.32. The van der Waals surface area contributed by atoms with Crippen LogP contribution in [0.15, 0.2) is 24.3 Å².